The summed E-state index contributed by atoms with van der Waals surface area (Å²) < 4.78 is 34.6. The molecule has 1 atom stereocenters. The third-order valence-corrected chi connectivity index (χ3v) is 8.94. The van der Waals surface area contributed by atoms with Gasteiger partial charge < -0.3 is 24.8 Å². The molecule has 236 valence electrons. The van der Waals surface area contributed by atoms with Gasteiger partial charge in [-0.3, -0.25) is 14.4 Å². The van der Waals surface area contributed by atoms with Crippen molar-refractivity contribution in [2.75, 3.05) is 31.6 Å². The van der Waals surface area contributed by atoms with Crippen LogP contribution in [0.15, 0.2) is 47.4 Å². The molecule has 3 aromatic rings. The molecule has 2 aliphatic carbocycles. The summed E-state index contributed by atoms with van der Waals surface area (Å²) in [6.45, 7) is 2.62. The lowest BCUT2D eigenvalue weighted by molar-refractivity contribution is -0.113. The van der Waals surface area contributed by atoms with E-state index in [0.29, 0.717) is 29.8 Å². The zero-order chi connectivity index (χ0) is 31.3. The molecule has 9 nitrogen and oxygen atoms in total. The SMILES string of the molecule is Cc1ccc(-c2cc(NC(=O)c3cc(CNC[C@@H]4CCCO4)cn(C4CC4)c3=O)nc(C3CC3)c2)c(C(=O)N2CC(F)(F)C2)c1. The first-order chi connectivity index (χ1) is 21.6. The molecule has 0 radical (unpaired) electrons. The van der Waals surface area contributed by atoms with Crippen molar-refractivity contribution in [3.63, 3.8) is 0 Å². The van der Waals surface area contributed by atoms with Crippen molar-refractivity contribution < 1.29 is 23.1 Å². The maximum absolute atomic E-state index is 13.7. The molecule has 7 rings (SSSR count). The van der Waals surface area contributed by atoms with Crippen LogP contribution in [0.25, 0.3) is 11.1 Å². The maximum atomic E-state index is 13.7. The lowest BCUT2D eigenvalue weighted by Gasteiger charge is -2.39. The number of aromatic nitrogens is 2. The van der Waals surface area contributed by atoms with Crippen LogP contribution in [-0.4, -0.2) is 64.5 Å². The van der Waals surface area contributed by atoms with Crippen molar-refractivity contribution in [3.05, 3.63) is 80.9 Å². The van der Waals surface area contributed by atoms with E-state index >= 15 is 0 Å². The third kappa shape index (κ3) is 6.55. The minimum atomic E-state index is -2.87. The van der Waals surface area contributed by atoms with Crippen molar-refractivity contribution in [2.24, 2.45) is 0 Å². The summed E-state index contributed by atoms with van der Waals surface area (Å²) in [7, 11) is 0. The van der Waals surface area contributed by atoms with E-state index in [1.807, 2.05) is 25.3 Å². The van der Waals surface area contributed by atoms with Crippen LogP contribution in [0.3, 0.4) is 0 Å². The van der Waals surface area contributed by atoms with Gasteiger partial charge in [0, 0.05) is 49.1 Å². The highest BCUT2D eigenvalue weighted by atomic mass is 19.3. The number of carbonyl (C=O) groups is 2. The maximum Gasteiger partial charge on any atom is 0.282 e. The van der Waals surface area contributed by atoms with E-state index in [4.69, 9.17) is 9.72 Å². The van der Waals surface area contributed by atoms with E-state index in [2.05, 4.69) is 10.6 Å². The van der Waals surface area contributed by atoms with Gasteiger partial charge in [0.05, 0.1) is 19.2 Å². The van der Waals surface area contributed by atoms with Crippen LogP contribution < -0.4 is 16.2 Å². The Bertz CT molecular complexity index is 1700. The van der Waals surface area contributed by atoms with Crippen molar-refractivity contribution in [2.45, 2.75) is 76.0 Å². The summed E-state index contributed by atoms with van der Waals surface area (Å²) in [6, 6.07) is 10.7. The fraction of sp³-hybridized carbons (Fsp3) is 0.471. The van der Waals surface area contributed by atoms with E-state index in [0.717, 1.165) is 66.9 Å². The van der Waals surface area contributed by atoms with Gasteiger partial charge in [-0.15, -0.1) is 0 Å². The van der Waals surface area contributed by atoms with Gasteiger partial charge in [-0.2, -0.15) is 0 Å². The fourth-order valence-electron chi connectivity index (χ4n) is 6.18. The Kier molecular flexibility index (Phi) is 7.77. The number of anilines is 1. The first-order valence-corrected chi connectivity index (χ1v) is 15.8. The number of benzene rings is 1. The second-order valence-corrected chi connectivity index (χ2v) is 12.9. The molecule has 0 bridgehead atoms. The summed E-state index contributed by atoms with van der Waals surface area (Å²) in [5.41, 5.74) is 3.71. The number of rotatable bonds is 10. The molecule has 4 aliphatic rings. The quantitative estimate of drug-likeness (QED) is 0.330. The Morgan fingerprint density at radius 1 is 1.04 bits per heavy atom. The number of alkyl halides is 2. The van der Waals surface area contributed by atoms with Crippen LogP contribution in [0.5, 0.6) is 0 Å². The highest BCUT2D eigenvalue weighted by molar-refractivity contribution is 6.05. The average Bonchev–Trinajstić information content (AvgIpc) is 3.94. The van der Waals surface area contributed by atoms with Gasteiger partial charge in [0.2, 0.25) is 0 Å². The van der Waals surface area contributed by atoms with Crippen molar-refractivity contribution in [1.29, 1.82) is 0 Å². The second kappa shape index (κ2) is 11.8. The minimum absolute atomic E-state index is 0.0448. The monoisotopic (exact) mass is 617 g/mol. The molecule has 11 heteroatoms. The number of halogens is 2. The number of hydrogen-bond donors (Lipinski definition) is 2. The van der Waals surface area contributed by atoms with Crippen LogP contribution in [-0.2, 0) is 11.3 Å². The number of carbonyl (C=O) groups excluding carboxylic acids is 2. The molecule has 2 amide bonds. The lowest BCUT2D eigenvalue weighted by atomic mass is 9.95. The van der Waals surface area contributed by atoms with Gasteiger partial charge in [-0.25, -0.2) is 13.8 Å². The van der Waals surface area contributed by atoms with E-state index < -0.39 is 30.8 Å². The Balaban J connectivity index is 1.17. The van der Waals surface area contributed by atoms with Crippen LogP contribution in [0, 0.1) is 6.92 Å². The number of likely N-dealkylation sites (tertiary alicyclic amines) is 1. The van der Waals surface area contributed by atoms with Gasteiger partial charge in [0.1, 0.15) is 11.4 Å². The molecule has 1 aromatic carbocycles. The molecular weight excluding hydrogens is 580 g/mol. The van der Waals surface area contributed by atoms with Gasteiger partial charge in [0.15, 0.2) is 0 Å². The normalized spacial score (nSPS) is 20.6. The molecule has 0 unspecified atom stereocenters. The molecule has 0 spiro atoms. The standard InChI is InChI=1S/C34H37F2N5O4/c1-20-4-9-26(27(11-20)32(43)40-18-34(35,36)19-40)23-13-29(22-5-6-22)38-30(14-23)39-31(42)28-12-21(15-37-16-25-3-2-10-45-25)17-41(33(28)44)24-7-8-24/h4,9,11-14,17,22,24-25,37H,2-3,5-8,10,15-16,18-19H2,1H3,(H,38,39,42)/t25-/m0/s1. The molecule has 45 heavy (non-hydrogen) atoms. The smallest absolute Gasteiger partial charge is 0.282 e. The van der Waals surface area contributed by atoms with Crippen LogP contribution >= 0.6 is 0 Å². The first-order valence-electron chi connectivity index (χ1n) is 15.8. The zero-order valence-electron chi connectivity index (χ0n) is 25.3. The van der Waals surface area contributed by atoms with E-state index in [1.165, 1.54) is 0 Å². The second-order valence-electron chi connectivity index (χ2n) is 12.9. The summed E-state index contributed by atoms with van der Waals surface area (Å²) in [5, 5.41) is 6.26. The van der Waals surface area contributed by atoms with Gasteiger partial charge >= 0.3 is 0 Å². The fourth-order valence-corrected chi connectivity index (χ4v) is 6.18. The Morgan fingerprint density at radius 3 is 2.53 bits per heavy atom. The highest BCUT2D eigenvalue weighted by Crippen LogP contribution is 2.42. The van der Waals surface area contributed by atoms with Gasteiger partial charge in [0.25, 0.3) is 23.3 Å². The third-order valence-electron chi connectivity index (χ3n) is 8.94. The molecule has 2 N–H and O–H groups in total. The number of amides is 2. The van der Waals surface area contributed by atoms with Crippen LogP contribution in [0.1, 0.15) is 88.0 Å². The topological polar surface area (TPSA) is 106 Å². The Labute approximate surface area is 260 Å². The largest absolute Gasteiger partial charge is 0.377 e. The first kappa shape index (κ1) is 29.7. The number of hydrogen-bond acceptors (Lipinski definition) is 6. The molecule has 4 heterocycles. The number of ether oxygens (including phenoxy) is 1. The minimum Gasteiger partial charge on any atom is -0.377 e. The Morgan fingerprint density at radius 2 is 1.84 bits per heavy atom. The van der Waals surface area contributed by atoms with Crippen molar-refractivity contribution >= 4 is 17.6 Å². The molecule has 2 saturated carbocycles. The predicted octanol–water partition coefficient (Wildman–Crippen LogP) is 5.04. The molecular formula is C34H37F2N5O4. The van der Waals surface area contributed by atoms with E-state index in [1.54, 1.807) is 28.8 Å². The molecule has 2 aromatic heterocycles. The summed E-state index contributed by atoms with van der Waals surface area (Å²) >= 11 is 0. The van der Waals surface area contributed by atoms with E-state index in [9.17, 15) is 23.2 Å². The van der Waals surface area contributed by atoms with Crippen molar-refractivity contribution in [1.82, 2.24) is 19.8 Å². The van der Waals surface area contributed by atoms with E-state index in [-0.39, 0.29) is 35.0 Å². The number of nitrogens with one attached hydrogen (secondary N) is 2. The highest BCUT2D eigenvalue weighted by Gasteiger charge is 2.46. The van der Waals surface area contributed by atoms with Crippen LogP contribution in [0.4, 0.5) is 14.6 Å². The predicted molar refractivity (Wildman–Crippen MR) is 165 cm³/mol. The number of nitrogens with zero attached hydrogens (tertiary/aromatic N) is 3. The zero-order valence-corrected chi connectivity index (χ0v) is 25.3. The summed E-state index contributed by atoms with van der Waals surface area (Å²) in [4.78, 5) is 46.3. The van der Waals surface area contributed by atoms with Crippen molar-refractivity contribution in [3.8, 4) is 11.1 Å². The van der Waals surface area contributed by atoms with Gasteiger partial charge in [-0.05, 0) is 86.4 Å². The molecule has 4 fully saturated rings. The molecule has 2 aliphatic heterocycles. The van der Waals surface area contributed by atoms with Crippen LogP contribution in [0.2, 0.25) is 0 Å². The lowest BCUT2D eigenvalue weighted by Crippen LogP contribution is -2.58. The van der Waals surface area contributed by atoms with Gasteiger partial charge in [-0.1, -0.05) is 17.7 Å². The Hall–Kier alpha value is -3.96. The number of aryl methyl sites for hydroxylation is 1. The average molecular weight is 618 g/mol. The summed E-state index contributed by atoms with van der Waals surface area (Å²) in [6.07, 6.45) is 7.80. The summed E-state index contributed by atoms with van der Waals surface area (Å²) in [5.74, 6) is -3.38. The number of pyridine rings is 2. The molecule has 2 saturated heterocycles.